The highest BCUT2D eigenvalue weighted by molar-refractivity contribution is 7.90. The maximum Gasteiger partial charge on any atom is 0.406 e. The van der Waals surface area contributed by atoms with E-state index in [1.807, 2.05) is 6.07 Å². The first-order valence-corrected chi connectivity index (χ1v) is 15.9. The molecule has 13 heteroatoms. The summed E-state index contributed by atoms with van der Waals surface area (Å²) in [5.74, 6) is 6.09. The second kappa shape index (κ2) is 12.3. The van der Waals surface area contributed by atoms with Crippen LogP contribution in [0.1, 0.15) is 18.5 Å². The molecule has 3 N–H and O–H groups in total. The Bertz CT molecular complexity index is 1640. The number of ether oxygens (including phenoxy) is 2. The molecule has 1 atom stereocenters. The molecule has 0 radical (unpaired) electrons. The van der Waals surface area contributed by atoms with Gasteiger partial charge in [0.05, 0.1) is 55.1 Å². The SMILES string of the molecule is COc1cc(S(C)(=O)=O)ccc1NCC#Cc1cc2c(NC3CC[N+]4(CC3)COCC(O)C4)cccc2n1CC(F)(F)F. The highest BCUT2D eigenvalue weighted by Gasteiger charge is 2.39. The monoisotopic (exact) mass is 621 g/mol. The quantitative estimate of drug-likeness (QED) is 0.273. The van der Waals surface area contributed by atoms with Crippen molar-refractivity contribution in [2.75, 3.05) is 63.5 Å². The Morgan fingerprint density at radius 3 is 2.60 bits per heavy atom. The second-order valence-electron chi connectivity index (χ2n) is 11.3. The molecule has 1 spiro atoms. The Morgan fingerprint density at radius 1 is 1.16 bits per heavy atom. The van der Waals surface area contributed by atoms with E-state index >= 15 is 0 Å². The van der Waals surface area contributed by atoms with E-state index in [1.165, 1.54) is 23.8 Å². The lowest BCUT2D eigenvalue weighted by atomic mass is 10.0. The molecule has 2 fully saturated rings. The van der Waals surface area contributed by atoms with Gasteiger partial charge in [0.1, 0.15) is 24.9 Å². The van der Waals surface area contributed by atoms with Crippen molar-refractivity contribution in [1.82, 2.24) is 4.57 Å². The van der Waals surface area contributed by atoms with Crippen molar-refractivity contribution in [3.8, 4) is 17.6 Å². The minimum atomic E-state index is -4.44. The number of rotatable bonds is 7. The van der Waals surface area contributed by atoms with Crippen LogP contribution >= 0.6 is 0 Å². The zero-order valence-electron chi connectivity index (χ0n) is 24.1. The molecule has 3 heterocycles. The fourth-order valence-corrected chi connectivity index (χ4v) is 6.55. The Labute approximate surface area is 249 Å². The summed E-state index contributed by atoms with van der Waals surface area (Å²) in [6.07, 6.45) is -2.10. The maximum absolute atomic E-state index is 13.6. The number of hydrogen-bond acceptors (Lipinski definition) is 7. The molecular weight excluding hydrogens is 585 g/mol. The minimum Gasteiger partial charge on any atom is -0.495 e. The molecule has 2 aliphatic rings. The van der Waals surface area contributed by atoms with Crippen molar-refractivity contribution >= 4 is 32.1 Å². The van der Waals surface area contributed by atoms with E-state index in [2.05, 4.69) is 22.5 Å². The first-order valence-electron chi connectivity index (χ1n) is 14.0. The molecule has 0 bridgehead atoms. The summed E-state index contributed by atoms with van der Waals surface area (Å²) in [6, 6.07) is 11.5. The van der Waals surface area contributed by atoms with E-state index in [1.54, 1.807) is 24.3 Å². The Hall–Kier alpha value is -3.44. The molecule has 232 valence electrons. The van der Waals surface area contributed by atoms with Crippen LogP contribution in [0, 0.1) is 11.8 Å². The molecule has 2 saturated heterocycles. The molecule has 43 heavy (non-hydrogen) atoms. The number of nitrogens with zero attached hydrogens (tertiary/aromatic N) is 2. The Balaban J connectivity index is 1.35. The molecule has 9 nitrogen and oxygen atoms in total. The van der Waals surface area contributed by atoms with Crippen LogP contribution in [-0.4, -0.2) is 93.8 Å². The topological polar surface area (TPSA) is 102 Å². The van der Waals surface area contributed by atoms with Crippen molar-refractivity contribution < 1.29 is 40.7 Å². The average Bonchev–Trinajstić information content (AvgIpc) is 3.28. The number of benzene rings is 2. The molecule has 2 aliphatic heterocycles. The molecule has 0 aliphatic carbocycles. The van der Waals surface area contributed by atoms with E-state index in [0.29, 0.717) is 42.2 Å². The van der Waals surface area contributed by atoms with Gasteiger partial charge in [-0.25, -0.2) is 8.42 Å². The van der Waals surface area contributed by atoms with Gasteiger partial charge in [-0.15, -0.1) is 0 Å². The van der Waals surface area contributed by atoms with E-state index in [9.17, 15) is 26.7 Å². The predicted octanol–water partition coefficient (Wildman–Crippen LogP) is 3.82. The maximum atomic E-state index is 13.6. The number of sulfone groups is 1. The molecule has 0 saturated carbocycles. The van der Waals surface area contributed by atoms with Crippen LogP contribution in [0.15, 0.2) is 47.4 Å². The zero-order valence-corrected chi connectivity index (χ0v) is 24.9. The molecule has 0 amide bonds. The number of aliphatic hydroxyl groups excluding tert-OH is 1. The number of anilines is 2. The zero-order chi connectivity index (χ0) is 30.8. The highest BCUT2D eigenvalue weighted by Crippen LogP contribution is 2.32. The summed E-state index contributed by atoms with van der Waals surface area (Å²) in [4.78, 5) is 0.107. The lowest BCUT2D eigenvalue weighted by molar-refractivity contribution is -0.959. The van der Waals surface area contributed by atoms with Crippen LogP contribution in [0.4, 0.5) is 24.5 Å². The van der Waals surface area contributed by atoms with Crippen molar-refractivity contribution in [3.63, 3.8) is 0 Å². The van der Waals surface area contributed by atoms with Crippen molar-refractivity contribution in [1.29, 1.82) is 0 Å². The van der Waals surface area contributed by atoms with Crippen molar-refractivity contribution in [3.05, 3.63) is 48.2 Å². The summed E-state index contributed by atoms with van der Waals surface area (Å²) in [6.45, 7) is 2.26. The molecule has 1 unspecified atom stereocenters. The number of fused-ring (bicyclic) bond motifs is 1. The van der Waals surface area contributed by atoms with Crippen LogP contribution in [0.25, 0.3) is 10.9 Å². The van der Waals surface area contributed by atoms with Crippen molar-refractivity contribution in [2.24, 2.45) is 0 Å². The van der Waals surface area contributed by atoms with E-state index < -0.39 is 28.7 Å². The third-order valence-electron chi connectivity index (χ3n) is 8.00. The largest absolute Gasteiger partial charge is 0.495 e. The number of piperidine rings is 1. The number of alkyl halides is 3. The van der Waals surface area contributed by atoms with Crippen molar-refractivity contribution in [2.45, 2.75) is 42.6 Å². The molecule has 5 rings (SSSR count). The lowest BCUT2D eigenvalue weighted by Gasteiger charge is -2.46. The third-order valence-corrected chi connectivity index (χ3v) is 9.12. The number of halogens is 3. The average molecular weight is 622 g/mol. The van der Waals surface area contributed by atoms with Crippen LogP contribution < -0.4 is 15.4 Å². The summed E-state index contributed by atoms with van der Waals surface area (Å²) >= 11 is 0. The highest BCUT2D eigenvalue weighted by atomic mass is 32.2. The van der Waals surface area contributed by atoms with Gasteiger partial charge in [-0.1, -0.05) is 12.0 Å². The van der Waals surface area contributed by atoms with Gasteiger partial charge >= 0.3 is 6.18 Å². The van der Waals surface area contributed by atoms with Gasteiger partial charge < -0.3 is 29.8 Å². The Morgan fingerprint density at radius 2 is 1.93 bits per heavy atom. The number of nitrogens with one attached hydrogen (secondary N) is 2. The molecule has 3 aromatic rings. The molecular formula is C30H36F3N4O5S+. The van der Waals surface area contributed by atoms with Gasteiger partial charge in [0.2, 0.25) is 0 Å². The van der Waals surface area contributed by atoms with Crippen LogP contribution in [0.5, 0.6) is 5.75 Å². The summed E-state index contributed by atoms with van der Waals surface area (Å²) in [5, 5.41) is 17.3. The van der Waals surface area contributed by atoms with Gasteiger partial charge in [0.25, 0.3) is 0 Å². The van der Waals surface area contributed by atoms with Gasteiger partial charge in [-0.2, -0.15) is 13.2 Å². The van der Waals surface area contributed by atoms with Gasteiger partial charge in [0.15, 0.2) is 16.6 Å². The lowest BCUT2D eigenvalue weighted by Crippen LogP contribution is -2.62. The van der Waals surface area contributed by atoms with Crippen LogP contribution in [-0.2, 0) is 21.1 Å². The number of hydrogen-bond donors (Lipinski definition) is 3. The molecule has 1 aromatic heterocycles. The van der Waals surface area contributed by atoms with Gasteiger partial charge in [-0.05, 0) is 36.3 Å². The summed E-state index contributed by atoms with van der Waals surface area (Å²) < 4.78 is 77.4. The number of aliphatic hydroxyl groups is 1. The fourth-order valence-electron chi connectivity index (χ4n) is 5.91. The standard InChI is InChI=1S/C30H36F3N4O5S/c1-41-29-16-24(43(2,39)40)8-9-27(29)34-12-4-5-22-15-25-26(6-3-7-28(25)36(22)19-30(31,32)33)35-21-10-13-37(14-11-21)17-23(38)18-42-20-37/h3,6-9,15-16,21,23,34-35,38H,10-14,17-20H2,1-2H3/q+1. The van der Waals surface area contributed by atoms with Crippen LogP contribution in [0.2, 0.25) is 0 Å². The van der Waals surface area contributed by atoms with E-state index in [0.717, 1.165) is 42.4 Å². The summed E-state index contributed by atoms with van der Waals surface area (Å²) in [7, 11) is -2.00. The minimum absolute atomic E-state index is 0.0910. The first kappa shape index (κ1) is 31.0. The number of methoxy groups -OCH3 is 1. The normalized spacial score (nSPS) is 22.7. The fraction of sp³-hybridized carbons (Fsp3) is 0.467. The van der Waals surface area contributed by atoms with E-state index in [4.69, 9.17) is 9.47 Å². The Kier molecular flexibility index (Phi) is 8.85. The third kappa shape index (κ3) is 7.38. The predicted molar refractivity (Wildman–Crippen MR) is 158 cm³/mol. The molecule has 2 aromatic carbocycles. The van der Waals surface area contributed by atoms with E-state index in [-0.39, 0.29) is 23.2 Å². The van der Waals surface area contributed by atoms with Crippen LogP contribution in [0.3, 0.4) is 0 Å². The number of quaternary nitrogens is 1. The number of aromatic nitrogens is 1. The summed E-state index contributed by atoms with van der Waals surface area (Å²) in [5.41, 5.74) is 1.93. The van der Waals surface area contributed by atoms with Gasteiger partial charge in [-0.3, -0.25) is 4.48 Å². The second-order valence-corrected chi connectivity index (χ2v) is 13.3. The first-order chi connectivity index (χ1) is 20.4. The van der Waals surface area contributed by atoms with Gasteiger partial charge in [0, 0.05) is 42.3 Å². The smallest absolute Gasteiger partial charge is 0.406 e.